The van der Waals surface area contributed by atoms with E-state index in [-0.39, 0.29) is 30.4 Å². The van der Waals surface area contributed by atoms with Crippen molar-refractivity contribution in [2.24, 2.45) is 5.92 Å². The second kappa shape index (κ2) is 14.5. The number of benzene rings is 1. The number of fused-ring (bicyclic) bond motifs is 1. The molecule has 10 nitrogen and oxygen atoms in total. The Bertz CT molecular complexity index is 1270. The van der Waals surface area contributed by atoms with Crippen molar-refractivity contribution >= 4 is 23.8 Å². The van der Waals surface area contributed by atoms with Crippen LogP contribution in [0.25, 0.3) is 0 Å². The van der Waals surface area contributed by atoms with Gasteiger partial charge in [0.1, 0.15) is 30.3 Å². The lowest BCUT2D eigenvalue weighted by Gasteiger charge is -2.36. The molecule has 10 heteroatoms. The van der Waals surface area contributed by atoms with Gasteiger partial charge >= 0.3 is 6.09 Å². The molecule has 4 rings (SSSR count). The number of terminal acetylenes is 1. The number of likely N-dealkylation sites (tertiary alicyclic amines) is 1. The molecule has 2 N–H and O–H groups in total. The second-order valence-corrected chi connectivity index (χ2v) is 13.1. The number of rotatable bonds is 9. The molecule has 0 aromatic heterocycles. The topological polar surface area (TPSA) is 117 Å². The molecule has 0 spiro atoms. The van der Waals surface area contributed by atoms with Crippen LogP contribution in [0.2, 0.25) is 0 Å². The van der Waals surface area contributed by atoms with Crippen LogP contribution >= 0.6 is 0 Å². The highest BCUT2D eigenvalue weighted by atomic mass is 16.6. The molecule has 1 saturated heterocycles. The Morgan fingerprint density at radius 1 is 1.14 bits per heavy atom. The Labute approximate surface area is 263 Å². The Morgan fingerprint density at radius 2 is 1.86 bits per heavy atom. The van der Waals surface area contributed by atoms with Crippen molar-refractivity contribution in [3.8, 4) is 12.3 Å². The molecule has 240 valence electrons. The Balaban J connectivity index is 1.51. The highest BCUT2D eigenvalue weighted by molar-refractivity contribution is 5.94. The number of carbonyl (C=O) groups excluding carboxylic acids is 4. The summed E-state index contributed by atoms with van der Waals surface area (Å²) in [4.78, 5) is 57.0. The zero-order valence-corrected chi connectivity index (χ0v) is 26.5. The van der Waals surface area contributed by atoms with Crippen LogP contribution in [0.1, 0.15) is 91.2 Å². The van der Waals surface area contributed by atoms with Gasteiger partial charge in [-0.3, -0.25) is 19.3 Å². The summed E-state index contributed by atoms with van der Waals surface area (Å²) < 4.78 is 19.2. The van der Waals surface area contributed by atoms with Crippen molar-refractivity contribution < 1.29 is 30.0 Å². The molecule has 0 unspecified atom stereocenters. The first-order valence-electron chi connectivity index (χ1n) is 16.5. The maximum Gasteiger partial charge on any atom is 0.410 e. The van der Waals surface area contributed by atoms with Gasteiger partial charge in [0, 0.05) is 21.4 Å². The standard InChI is InChI=1S/C34H48N4O6/c1-7-20-43-27-21-24-16-11-12-17-25(24)29(27)36-31(40)26-18-13-19-38(26)32(41)28(23-14-9-8-10-15-23)35-30(39)22(2)37(6)33(42)44-34(3,4)5/h1,11-12,16-17,22-23,26-29H,8-10,13-15,18-21H2,2-6H3,(H,35,39)(H,36,40)/t22-,26-,27+,28-,29-/m0/s1/i6D. The number of likely N-dealkylation sites (N-methyl/N-ethyl adjacent to an activating group) is 1. The Hall–Kier alpha value is -3.58. The average Bonchev–Trinajstić information content (AvgIpc) is 3.63. The minimum Gasteiger partial charge on any atom is -0.444 e. The fraction of sp³-hybridized carbons (Fsp3) is 0.647. The third-order valence-corrected chi connectivity index (χ3v) is 8.86. The van der Waals surface area contributed by atoms with E-state index < -0.39 is 48.8 Å². The van der Waals surface area contributed by atoms with Crippen molar-refractivity contribution in [2.75, 3.05) is 20.2 Å². The number of ether oxygens (including phenoxy) is 2. The average molecular weight is 610 g/mol. The number of hydrogen-bond acceptors (Lipinski definition) is 6. The van der Waals surface area contributed by atoms with Crippen LogP contribution in [0, 0.1) is 18.3 Å². The Kier molecular flexibility index (Phi) is 10.5. The quantitative estimate of drug-likeness (QED) is 0.412. The molecule has 1 aromatic rings. The summed E-state index contributed by atoms with van der Waals surface area (Å²) in [5, 5.41) is 6.10. The zero-order valence-electron chi connectivity index (χ0n) is 27.5. The summed E-state index contributed by atoms with van der Waals surface area (Å²) in [6.45, 7) is 7.21. The van der Waals surface area contributed by atoms with Crippen LogP contribution in [0.3, 0.4) is 0 Å². The minimum atomic E-state index is -1.03. The monoisotopic (exact) mass is 609 g/mol. The first-order valence-corrected chi connectivity index (χ1v) is 15.8. The van der Waals surface area contributed by atoms with Crippen LogP contribution in [-0.2, 0) is 30.3 Å². The van der Waals surface area contributed by atoms with Gasteiger partial charge in [-0.15, -0.1) is 6.42 Å². The molecular formula is C34H48N4O6. The van der Waals surface area contributed by atoms with Crippen LogP contribution in [0.15, 0.2) is 24.3 Å². The van der Waals surface area contributed by atoms with Crippen molar-refractivity contribution in [2.45, 2.75) is 115 Å². The van der Waals surface area contributed by atoms with E-state index >= 15 is 0 Å². The van der Waals surface area contributed by atoms with Crippen LogP contribution < -0.4 is 10.6 Å². The van der Waals surface area contributed by atoms with Crippen molar-refractivity contribution in [1.29, 1.82) is 0 Å². The largest absolute Gasteiger partial charge is 0.444 e. The normalized spacial score (nSPS) is 23.5. The molecule has 1 aromatic carbocycles. The van der Waals surface area contributed by atoms with Gasteiger partial charge in [0.05, 0.1) is 12.1 Å². The van der Waals surface area contributed by atoms with Gasteiger partial charge in [-0.2, -0.15) is 0 Å². The molecule has 0 radical (unpaired) electrons. The highest BCUT2D eigenvalue weighted by Gasteiger charge is 2.43. The predicted molar refractivity (Wildman–Crippen MR) is 166 cm³/mol. The smallest absolute Gasteiger partial charge is 0.410 e. The van der Waals surface area contributed by atoms with Gasteiger partial charge in [0.25, 0.3) is 0 Å². The van der Waals surface area contributed by atoms with E-state index in [0.717, 1.165) is 48.1 Å². The van der Waals surface area contributed by atoms with E-state index in [2.05, 4.69) is 16.6 Å². The van der Waals surface area contributed by atoms with Gasteiger partial charge in [-0.1, -0.05) is 49.4 Å². The summed E-state index contributed by atoms with van der Waals surface area (Å²) in [6, 6.07) is 4.91. The third kappa shape index (κ3) is 7.92. The number of nitrogens with one attached hydrogen (secondary N) is 2. The summed E-state index contributed by atoms with van der Waals surface area (Å²) in [6.07, 6.45) is 10.7. The molecule has 1 saturated carbocycles. The van der Waals surface area contributed by atoms with Gasteiger partial charge < -0.3 is 25.0 Å². The molecule has 1 aliphatic heterocycles. The fourth-order valence-corrected chi connectivity index (χ4v) is 6.51. The molecule has 2 fully saturated rings. The number of amides is 4. The van der Waals surface area contributed by atoms with Crippen LogP contribution in [0.4, 0.5) is 4.79 Å². The number of carbonyl (C=O) groups is 4. The molecule has 4 amide bonds. The number of nitrogens with zero attached hydrogens (tertiary/aromatic N) is 2. The van der Waals surface area contributed by atoms with Gasteiger partial charge in [-0.05, 0) is 70.4 Å². The number of hydrogen-bond donors (Lipinski definition) is 2. The van der Waals surface area contributed by atoms with Gasteiger partial charge in [0.2, 0.25) is 17.7 Å². The van der Waals surface area contributed by atoms with E-state index in [4.69, 9.17) is 17.3 Å². The molecule has 0 bridgehead atoms. The lowest BCUT2D eigenvalue weighted by molar-refractivity contribution is -0.144. The lowest BCUT2D eigenvalue weighted by Crippen LogP contribution is -2.59. The highest BCUT2D eigenvalue weighted by Crippen LogP contribution is 2.34. The van der Waals surface area contributed by atoms with Crippen molar-refractivity contribution in [3.63, 3.8) is 0 Å². The molecule has 44 heavy (non-hydrogen) atoms. The van der Waals surface area contributed by atoms with Gasteiger partial charge in [0.15, 0.2) is 0 Å². The maximum atomic E-state index is 14.3. The molecule has 1 heterocycles. The van der Waals surface area contributed by atoms with E-state index in [0.29, 0.717) is 25.8 Å². The van der Waals surface area contributed by atoms with E-state index in [1.165, 1.54) is 6.92 Å². The molecule has 2 aliphatic carbocycles. The van der Waals surface area contributed by atoms with Crippen molar-refractivity contribution in [3.05, 3.63) is 35.4 Å². The summed E-state index contributed by atoms with van der Waals surface area (Å²) in [5.74, 6) is 1.32. The maximum absolute atomic E-state index is 14.3. The molecule has 5 atom stereocenters. The van der Waals surface area contributed by atoms with Crippen LogP contribution in [0.5, 0.6) is 0 Å². The second-order valence-electron chi connectivity index (χ2n) is 13.1. The zero-order chi connectivity index (χ0) is 32.7. The first-order chi connectivity index (χ1) is 21.4. The fourth-order valence-electron chi connectivity index (χ4n) is 6.51. The van der Waals surface area contributed by atoms with Crippen LogP contribution in [-0.4, -0.2) is 83.6 Å². The summed E-state index contributed by atoms with van der Waals surface area (Å²) in [5.41, 5.74) is 1.28. The lowest BCUT2D eigenvalue weighted by atomic mass is 9.83. The van der Waals surface area contributed by atoms with E-state index in [1.807, 2.05) is 24.3 Å². The van der Waals surface area contributed by atoms with Crippen molar-refractivity contribution in [1.82, 2.24) is 20.4 Å². The van der Waals surface area contributed by atoms with E-state index in [1.54, 1.807) is 25.7 Å². The SMILES string of the molecule is [2H]CN(C(=O)OC(C)(C)C)[C@@H](C)C(=O)N[C@H](C(=O)N1CCC[C@H]1C(=O)N[C@H]1c2ccccc2C[C@H]1OCC#C)C1CCCCC1. The molecule has 3 aliphatic rings. The predicted octanol–water partition coefficient (Wildman–Crippen LogP) is 3.73. The Morgan fingerprint density at radius 3 is 2.55 bits per heavy atom. The third-order valence-electron chi connectivity index (χ3n) is 8.86. The van der Waals surface area contributed by atoms with E-state index in [9.17, 15) is 19.2 Å². The summed E-state index contributed by atoms with van der Waals surface area (Å²) >= 11 is 0. The summed E-state index contributed by atoms with van der Waals surface area (Å²) in [7, 11) is -0.476. The molecular weight excluding hydrogens is 560 g/mol. The first kappa shape index (κ1) is 31.8. The minimum absolute atomic E-state index is 0.0964. The van der Waals surface area contributed by atoms with Gasteiger partial charge in [-0.25, -0.2) is 4.79 Å².